The van der Waals surface area contributed by atoms with Crippen LogP contribution in [0.3, 0.4) is 0 Å². The monoisotopic (exact) mass is 200 g/mol. The van der Waals surface area contributed by atoms with Crippen molar-refractivity contribution in [1.29, 1.82) is 0 Å². The topological polar surface area (TPSA) is 76.1 Å². The zero-order valence-corrected chi connectivity index (χ0v) is 8.97. The molecule has 2 rings (SSSR count). The minimum absolute atomic E-state index is 0.473. The second kappa shape index (κ2) is 7.17. The van der Waals surface area contributed by atoms with Crippen molar-refractivity contribution < 1.29 is 0 Å². The van der Waals surface area contributed by atoms with Gasteiger partial charge in [0.05, 0.1) is 0 Å². The number of hydrogen-bond acceptors (Lipinski definition) is 4. The van der Waals surface area contributed by atoms with Gasteiger partial charge >= 0.3 is 0 Å². The van der Waals surface area contributed by atoms with Crippen molar-refractivity contribution in [2.24, 2.45) is 11.5 Å². The molecule has 4 nitrogen and oxygen atoms in total. The van der Waals surface area contributed by atoms with Gasteiger partial charge in [-0.1, -0.05) is 0 Å². The van der Waals surface area contributed by atoms with Crippen LogP contribution in [-0.2, 0) is 0 Å². The summed E-state index contributed by atoms with van der Waals surface area (Å²) in [5.41, 5.74) is 11.2. The fourth-order valence-corrected chi connectivity index (χ4v) is 1.69. The van der Waals surface area contributed by atoms with Gasteiger partial charge in [-0.2, -0.15) is 0 Å². The van der Waals surface area contributed by atoms with E-state index in [1.165, 1.54) is 0 Å². The Morgan fingerprint density at radius 2 is 0.929 bits per heavy atom. The summed E-state index contributed by atoms with van der Waals surface area (Å²) in [6.45, 7) is 4.45. The SMILES string of the molecule is NC1CCNCC1.NC1CCNCC1. The van der Waals surface area contributed by atoms with Gasteiger partial charge in [-0.05, 0) is 51.9 Å². The van der Waals surface area contributed by atoms with E-state index in [0.717, 1.165) is 51.9 Å². The van der Waals surface area contributed by atoms with Gasteiger partial charge in [-0.15, -0.1) is 0 Å². The number of nitrogens with one attached hydrogen (secondary N) is 2. The van der Waals surface area contributed by atoms with Gasteiger partial charge in [0, 0.05) is 12.1 Å². The number of piperidine rings is 2. The van der Waals surface area contributed by atoms with Crippen LogP contribution < -0.4 is 22.1 Å². The summed E-state index contributed by atoms with van der Waals surface area (Å²) in [5.74, 6) is 0. The lowest BCUT2D eigenvalue weighted by molar-refractivity contribution is 0.458. The van der Waals surface area contributed by atoms with Crippen molar-refractivity contribution in [3.63, 3.8) is 0 Å². The first-order valence-corrected chi connectivity index (χ1v) is 5.71. The molecule has 0 atom stereocenters. The minimum Gasteiger partial charge on any atom is -0.328 e. The normalized spacial score (nSPS) is 25.3. The van der Waals surface area contributed by atoms with Crippen LogP contribution in [0.25, 0.3) is 0 Å². The highest BCUT2D eigenvalue weighted by Crippen LogP contribution is 1.96. The van der Waals surface area contributed by atoms with Crippen molar-refractivity contribution in [2.75, 3.05) is 26.2 Å². The summed E-state index contributed by atoms with van der Waals surface area (Å²) in [6, 6.07) is 0.947. The fourth-order valence-electron chi connectivity index (χ4n) is 1.69. The summed E-state index contributed by atoms with van der Waals surface area (Å²) in [5, 5.41) is 6.47. The summed E-state index contributed by atoms with van der Waals surface area (Å²) >= 11 is 0. The zero-order valence-electron chi connectivity index (χ0n) is 8.97. The third kappa shape index (κ3) is 5.54. The van der Waals surface area contributed by atoms with E-state index in [9.17, 15) is 0 Å². The Morgan fingerprint density at radius 3 is 1.07 bits per heavy atom. The Labute approximate surface area is 86.8 Å². The molecule has 0 bridgehead atoms. The average molecular weight is 200 g/mol. The summed E-state index contributed by atoms with van der Waals surface area (Å²) < 4.78 is 0. The molecule has 0 unspecified atom stereocenters. The zero-order chi connectivity index (χ0) is 10.2. The van der Waals surface area contributed by atoms with E-state index in [1.807, 2.05) is 0 Å². The van der Waals surface area contributed by atoms with Crippen molar-refractivity contribution in [3.8, 4) is 0 Å². The van der Waals surface area contributed by atoms with Crippen molar-refractivity contribution in [3.05, 3.63) is 0 Å². The van der Waals surface area contributed by atoms with Gasteiger partial charge in [0.15, 0.2) is 0 Å². The molecule has 2 saturated heterocycles. The van der Waals surface area contributed by atoms with E-state index >= 15 is 0 Å². The van der Waals surface area contributed by atoms with Crippen LogP contribution in [0, 0.1) is 0 Å². The van der Waals surface area contributed by atoms with E-state index in [-0.39, 0.29) is 0 Å². The molecule has 0 radical (unpaired) electrons. The van der Waals surface area contributed by atoms with Gasteiger partial charge in [-0.3, -0.25) is 0 Å². The molecular weight excluding hydrogens is 176 g/mol. The van der Waals surface area contributed by atoms with E-state index < -0.39 is 0 Å². The maximum absolute atomic E-state index is 5.59. The predicted molar refractivity (Wildman–Crippen MR) is 60.2 cm³/mol. The van der Waals surface area contributed by atoms with Crippen LogP contribution in [-0.4, -0.2) is 38.3 Å². The van der Waals surface area contributed by atoms with Crippen LogP contribution in [0.4, 0.5) is 0 Å². The molecule has 2 heterocycles. The minimum atomic E-state index is 0.473. The van der Waals surface area contributed by atoms with Crippen LogP contribution in [0.5, 0.6) is 0 Å². The van der Waals surface area contributed by atoms with Crippen LogP contribution >= 0.6 is 0 Å². The Morgan fingerprint density at radius 1 is 0.643 bits per heavy atom. The molecule has 4 heteroatoms. The summed E-state index contributed by atoms with van der Waals surface area (Å²) in [6.07, 6.45) is 4.61. The first-order chi connectivity index (χ1) is 6.79. The van der Waals surface area contributed by atoms with Crippen LogP contribution in [0.15, 0.2) is 0 Å². The van der Waals surface area contributed by atoms with Gasteiger partial charge in [0.25, 0.3) is 0 Å². The van der Waals surface area contributed by atoms with Crippen molar-refractivity contribution >= 4 is 0 Å². The van der Waals surface area contributed by atoms with Crippen molar-refractivity contribution in [1.82, 2.24) is 10.6 Å². The highest BCUT2D eigenvalue weighted by molar-refractivity contribution is 4.69. The molecule has 6 N–H and O–H groups in total. The molecule has 0 aromatic heterocycles. The quantitative estimate of drug-likeness (QED) is 0.421. The first-order valence-electron chi connectivity index (χ1n) is 5.71. The Balaban J connectivity index is 0.000000140. The second-order valence-corrected chi connectivity index (χ2v) is 4.17. The Bertz CT molecular complexity index is 112. The Kier molecular flexibility index (Phi) is 6.10. The summed E-state index contributed by atoms with van der Waals surface area (Å²) in [4.78, 5) is 0. The average Bonchev–Trinajstić information content (AvgIpc) is 2.21. The molecule has 0 aromatic carbocycles. The third-order valence-electron chi connectivity index (χ3n) is 2.77. The fraction of sp³-hybridized carbons (Fsp3) is 1.00. The number of hydrogen-bond donors (Lipinski definition) is 4. The molecule has 0 aromatic rings. The van der Waals surface area contributed by atoms with Crippen LogP contribution in [0.2, 0.25) is 0 Å². The van der Waals surface area contributed by atoms with Gasteiger partial charge in [-0.25, -0.2) is 0 Å². The molecular formula is C10H24N4. The molecule has 0 saturated carbocycles. The first kappa shape index (κ1) is 11.9. The number of rotatable bonds is 0. The highest BCUT2D eigenvalue weighted by Gasteiger charge is 2.05. The second-order valence-electron chi connectivity index (χ2n) is 4.17. The van der Waals surface area contributed by atoms with Crippen LogP contribution in [0.1, 0.15) is 25.7 Å². The lowest BCUT2D eigenvalue weighted by Crippen LogP contribution is -2.35. The Hall–Kier alpha value is -0.160. The van der Waals surface area contributed by atoms with Gasteiger partial charge < -0.3 is 22.1 Å². The smallest absolute Gasteiger partial charge is 0.00629 e. The largest absolute Gasteiger partial charge is 0.328 e. The molecule has 0 aliphatic carbocycles. The van der Waals surface area contributed by atoms with Gasteiger partial charge in [0.1, 0.15) is 0 Å². The van der Waals surface area contributed by atoms with E-state index in [2.05, 4.69) is 10.6 Å². The van der Waals surface area contributed by atoms with E-state index in [4.69, 9.17) is 11.5 Å². The maximum atomic E-state index is 5.59. The molecule has 0 spiro atoms. The third-order valence-corrected chi connectivity index (χ3v) is 2.77. The maximum Gasteiger partial charge on any atom is 0.00629 e. The van der Waals surface area contributed by atoms with Gasteiger partial charge in [0.2, 0.25) is 0 Å². The molecule has 2 fully saturated rings. The highest BCUT2D eigenvalue weighted by atomic mass is 14.9. The van der Waals surface area contributed by atoms with Crippen molar-refractivity contribution in [2.45, 2.75) is 37.8 Å². The molecule has 84 valence electrons. The van der Waals surface area contributed by atoms with E-state index in [0.29, 0.717) is 12.1 Å². The lowest BCUT2D eigenvalue weighted by atomic mass is 10.1. The predicted octanol–water partition coefficient (Wildman–Crippen LogP) is -0.606. The number of nitrogens with two attached hydrogens (primary N) is 2. The lowest BCUT2D eigenvalue weighted by Gasteiger charge is -2.17. The molecule has 2 aliphatic heterocycles. The van der Waals surface area contributed by atoms with E-state index in [1.54, 1.807) is 0 Å². The molecule has 0 amide bonds. The standard InChI is InChI=1S/2C5H12N2/c2*6-5-1-3-7-4-2-5/h2*5,7H,1-4,6H2. The molecule has 14 heavy (non-hydrogen) atoms. The molecule has 2 aliphatic rings. The summed E-state index contributed by atoms with van der Waals surface area (Å²) in [7, 11) is 0.